The molecule has 0 amide bonds. The van der Waals surface area contributed by atoms with E-state index in [4.69, 9.17) is 9.47 Å². The van der Waals surface area contributed by atoms with Gasteiger partial charge in [0.15, 0.2) is 11.5 Å². The zero-order valence-electron chi connectivity index (χ0n) is 15.6. The smallest absolute Gasteiger partial charge is 0.337 e. The Morgan fingerprint density at radius 3 is 2.24 bits per heavy atom. The molecule has 0 aromatic heterocycles. The fraction of sp³-hybridized carbons (Fsp3) is 0. The summed E-state index contributed by atoms with van der Waals surface area (Å²) >= 11 is 0. The van der Waals surface area contributed by atoms with Gasteiger partial charge in [0.25, 0.3) is 0 Å². The van der Waals surface area contributed by atoms with Crippen LogP contribution in [0.25, 0.3) is 10.8 Å². The van der Waals surface area contributed by atoms with Gasteiger partial charge in [-0.25, -0.2) is 4.79 Å². The van der Waals surface area contributed by atoms with Crippen LogP contribution in [0.4, 0.5) is 5.69 Å². The van der Waals surface area contributed by atoms with Gasteiger partial charge in [-0.05, 0) is 47.2 Å². The standard InChI is InChI=1S/C25H19NO3/c27-25(16-17-26-21-10-2-1-3-11-21)29-24-13-7-6-12-23(24)28-22-15-14-19-8-4-5-9-20(19)18-22/h1-18,26H/b17-16+. The molecule has 0 saturated carbocycles. The van der Waals surface area contributed by atoms with Crippen molar-refractivity contribution >= 4 is 22.4 Å². The van der Waals surface area contributed by atoms with Gasteiger partial charge in [0.05, 0.1) is 0 Å². The number of ether oxygens (including phenoxy) is 2. The van der Waals surface area contributed by atoms with E-state index >= 15 is 0 Å². The summed E-state index contributed by atoms with van der Waals surface area (Å²) in [6, 6.07) is 30.6. The Bertz CT molecular complexity index is 1150. The number of esters is 1. The van der Waals surface area contributed by atoms with Crippen molar-refractivity contribution in [2.45, 2.75) is 0 Å². The van der Waals surface area contributed by atoms with Gasteiger partial charge >= 0.3 is 5.97 Å². The minimum Gasteiger partial charge on any atom is -0.453 e. The molecule has 4 heteroatoms. The number of carbonyl (C=O) groups excluding carboxylic acids is 1. The molecule has 4 aromatic rings. The maximum atomic E-state index is 12.2. The number of hydrogen-bond acceptors (Lipinski definition) is 4. The van der Waals surface area contributed by atoms with E-state index in [9.17, 15) is 4.79 Å². The summed E-state index contributed by atoms with van der Waals surface area (Å²) in [4.78, 5) is 12.2. The first-order chi connectivity index (χ1) is 14.3. The first-order valence-electron chi connectivity index (χ1n) is 9.23. The predicted octanol–water partition coefficient (Wildman–Crippen LogP) is 6.16. The highest BCUT2D eigenvalue weighted by molar-refractivity contribution is 5.85. The quantitative estimate of drug-likeness (QED) is 0.247. The largest absolute Gasteiger partial charge is 0.453 e. The highest BCUT2D eigenvalue weighted by atomic mass is 16.6. The zero-order chi connectivity index (χ0) is 19.9. The summed E-state index contributed by atoms with van der Waals surface area (Å²) in [5.74, 6) is 1.01. The first-order valence-corrected chi connectivity index (χ1v) is 9.23. The summed E-state index contributed by atoms with van der Waals surface area (Å²) in [6.45, 7) is 0. The van der Waals surface area contributed by atoms with Gasteiger partial charge in [-0.3, -0.25) is 0 Å². The maximum Gasteiger partial charge on any atom is 0.337 e. The van der Waals surface area contributed by atoms with E-state index < -0.39 is 5.97 Å². The van der Waals surface area contributed by atoms with Gasteiger partial charge in [-0.1, -0.05) is 60.7 Å². The number of benzene rings is 4. The third-order valence-electron chi connectivity index (χ3n) is 4.25. The van der Waals surface area contributed by atoms with Crippen LogP contribution >= 0.6 is 0 Å². The molecule has 0 unspecified atom stereocenters. The minimum absolute atomic E-state index is 0.356. The molecule has 4 nitrogen and oxygen atoms in total. The van der Waals surface area contributed by atoms with E-state index in [1.165, 1.54) is 6.08 Å². The van der Waals surface area contributed by atoms with Crippen molar-refractivity contribution in [3.8, 4) is 17.2 Å². The Balaban J connectivity index is 1.45. The minimum atomic E-state index is -0.497. The average Bonchev–Trinajstić information content (AvgIpc) is 2.76. The molecule has 0 fully saturated rings. The molecule has 0 saturated heterocycles. The van der Waals surface area contributed by atoms with Crippen LogP contribution in [0.3, 0.4) is 0 Å². The second-order valence-electron chi connectivity index (χ2n) is 6.32. The number of rotatable bonds is 6. The lowest BCUT2D eigenvalue weighted by molar-refractivity contribution is -0.129. The van der Waals surface area contributed by atoms with Crippen LogP contribution < -0.4 is 14.8 Å². The predicted molar refractivity (Wildman–Crippen MR) is 115 cm³/mol. The molecule has 0 atom stereocenters. The summed E-state index contributed by atoms with van der Waals surface area (Å²) in [5, 5.41) is 5.23. The van der Waals surface area contributed by atoms with Crippen LogP contribution in [0.5, 0.6) is 17.2 Å². The average molecular weight is 381 g/mol. The zero-order valence-corrected chi connectivity index (χ0v) is 15.6. The van der Waals surface area contributed by atoms with Crippen LogP contribution in [0.2, 0.25) is 0 Å². The van der Waals surface area contributed by atoms with E-state index in [-0.39, 0.29) is 0 Å². The molecule has 0 spiro atoms. The van der Waals surface area contributed by atoms with Crippen LogP contribution in [-0.2, 0) is 4.79 Å². The Morgan fingerprint density at radius 2 is 1.41 bits per heavy atom. The molecule has 0 bridgehead atoms. The summed E-state index contributed by atoms with van der Waals surface area (Å²) in [7, 11) is 0. The van der Waals surface area contributed by atoms with Crippen LogP contribution in [0, 0.1) is 0 Å². The number of anilines is 1. The molecule has 0 aliphatic heterocycles. The lowest BCUT2D eigenvalue weighted by atomic mass is 10.1. The second-order valence-corrected chi connectivity index (χ2v) is 6.32. The van der Waals surface area contributed by atoms with Gasteiger partial charge in [-0.2, -0.15) is 0 Å². The molecule has 0 aliphatic carbocycles. The monoisotopic (exact) mass is 381 g/mol. The Labute approximate surface area is 169 Å². The molecular formula is C25H19NO3. The molecule has 0 heterocycles. The van der Waals surface area contributed by atoms with E-state index in [0.29, 0.717) is 17.2 Å². The third-order valence-corrected chi connectivity index (χ3v) is 4.25. The van der Waals surface area contributed by atoms with Crippen LogP contribution in [-0.4, -0.2) is 5.97 Å². The van der Waals surface area contributed by atoms with E-state index in [1.807, 2.05) is 78.9 Å². The van der Waals surface area contributed by atoms with Crippen molar-refractivity contribution in [2.75, 3.05) is 5.32 Å². The molecular weight excluding hydrogens is 362 g/mol. The number of para-hydroxylation sites is 3. The van der Waals surface area contributed by atoms with Crippen molar-refractivity contribution in [2.24, 2.45) is 0 Å². The number of fused-ring (bicyclic) bond motifs is 1. The maximum absolute atomic E-state index is 12.2. The van der Waals surface area contributed by atoms with E-state index in [1.54, 1.807) is 24.4 Å². The van der Waals surface area contributed by atoms with Gasteiger partial charge in [0, 0.05) is 18.0 Å². The molecule has 4 aromatic carbocycles. The van der Waals surface area contributed by atoms with Crippen molar-refractivity contribution in [3.63, 3.8) is 0 Å². The van der Waals surface area contributed by atoms with Gasteiger partial charge < -0.3 is 14.8 Å². The Hall–Kier alpha value is -4.05. The SMILES string of the molecule is O=C(/C=C/Nc1ccccc1)Oc1ccccc1Oc1ccc2ccccc2c1. The van der Waals surface area contributed by atoms with Crippen LogP contribution in [0.1, 0.15) is 0 Å². The number of nitrogens with one attached hydrogen (secondary N) is 1. The molecule has 4 rings (SSSR count). The third kappa shape index (κ3) is 4.82. The van der Waals surface area contributed by atoms with Crippen molar-refractivity contribution < 1.29 is 14.3 Å². The first kappa shape index (κ1) is 18.3. The van der Waals surface area contributed by atoms with Crippen molar-refractivity contribution in [1.29, 1.82) is 0 Å². The second kappa shape index (κ2) is 8.76. The van der Waals surface area contributed by atoms with Crippen molar-refractivity contribution in [3.05, 3.63) is 109 Å². The van der Waals surface area contributed by atoms with Gasteiger partial charge in [-0.15, -0.1) is 0 Å². The summed E-state index contributed by atoms with van der Waals surface area (Å²) in [5.41, 5.74) is 0.886. The summed E-state index contributed by atoms with van der Waals surface area (Å²) < 4.78 is 11.4. The Morgan fingerprint density at radius 1 is 0.724 bits per heavy atom. The number of carbonyl (C=O) groups is 1. The molecule has 142 valence electrons. The Kier molecular flexibility index (Phi) is 5.53. The van der Waals surface area contributed by atoms with Crippen molar-refractivity contribution in [1.82, 2.24) is 0 Å². The topological polar surface area (TPSA) is 47.6 Å². The molecule has 1 N–H and O–H groups in total. The highest BCUT2D eigenvalue weighted by Gasteiger charge is 2.09. The normalized spacial score (nSPS) is 10.8. The molecule has 0 radical (unpaired) electrons. The van der Waals surface area contributed by atoms with Gasteiger partial charge in [0.2, 0.25) is 0 Å². The molecule has 0 aliphatic rings. The highest BCUT2D eigenvalue weighted by Crippen LogP contribution is 2.32. The summed E-state index contributed by atoms with van der Waals surface area (Å²) in [6.07, 6.45) is 2.88. The number of hydrogen-bond donors (Lipinski definition) is 1. The lowest BCUT2D eigenvalue weighted by Crippen LogP contribution is -2.05. The lowest BCUT2D eigenvalue weighted by Gasteiger charge is -2.11. The van der Waals surface area contributed by atoms with Gasteiger partial charge in [0.1, 0.15) is 5.75 Å². The van der Waals surface area contributed by atoms with E-state index in [2.05, 4.69) is 5.32 Å². The molecule has 29 heavy (non-hydrogen) atoms. The van der Waals surface area contributed by atoms with E-state index in [0.717, 1.165) is 16.5 Å². The fourth-order valence-electron chi connectivity index (χ4n) is 2.86. The van der Waals surface area contributed by atoms with Crippen LogP contribution in [0.15, 0.2) is 109 Å². The fourth-order valence-corrected chi connectivity index (χ4v) is 2.86.